The lowest BCUT2D eigenvalue weighted by Crippen LogP contribution is -2.30. The van der Waals surface area contributed by atoms with Gasteiger partial charge in [-0.25, -0.2) is 9.82 Å². The Hall–Kier alpha value is -2.06. The number of aromatic hydroxyl groups is 1. The fourth-order valence-corrected chi connectivity index (χ4v) is 6.92. The van der Waals surface area contributed by atoms with E-state index in [4.69, 9.17) is 5.14 Å². The first kappa shape index (κ1) is 22.1. The van der Waals surface area contributed by atoms with Crippen molar-refractivity contribution in [2.75, 3.05) is 0 Å². The zero-order valence-electron chi connectivity index (χ0n) is 16.1. The van der Waals surface area contributed by atoms with Gasteiger partial charge in [-0.15, -0.1) is 0 Å². The highest BCUT2D eigenvalue weighted by Gasteiger charge is 2.19. The standard InChI is InChI=1S/C20H19BrIN5O3S/c21-16-12-25-27-19(9-17(22-20(16)27)15-6-1-2-7-18(15)28)24-10-13-4-3-5-14(8-13)11-26-31(23,29)30/h1-9,12,24,26,28H,10-11H2,(H2,23,29,30). The van der Waals surface area contributed by atoms with E-state index in [0.717, 1.165) is 34.2 Å². The molecule has 5 N–H and O–H groups in total. The maximum atomic E-state index is 11.1. The molecule has 0 unspecified atom stereocenters. The topological polar surface area (TPSA) is 122 Å². The van der Waals surface area contributed by atoms with Crippen molar-refractivity contribution in [2.24, 2.45) is 5.14 Å². The molecule has 11 heteroatoms. The van der Waals surface area contributed by atoms with Gasteiger partial charge in [0.05, 0.1) is 10.7 Å². The molecule has 0 radical (unpaired) electrons. The lowest BCUT2D eigenvalue weighted by atomic mass is 10.1. The number of hydrogen-bond acceptors (Lipinski definition) is 5. The number of aromatic nitrogens is 2. The van der Waals surface area contributed by atoms with E-state index in [-0.39, 0.29) is 12.3 Å². The largest absolute Gasteiger partial charge is 0.507 e. The van der Waals surface area contributed by atoms with E-state index in [2.05, 4.69) is 31.1 Å². The first-order valence-electron chi connectivity index (χ1n) is 9.15. The second kappa shape index (κ2) is 9.20. The van der Waals surface area contributed by atoms with Crippen LogP contribution in [0.15, 0.2) is 65.3 Å². The lowest BCUT2D eigenvalue weighted by Gasteiger charge is -2.18. The number of benzene rings is 2. The number of phenols is 1. The first-order valence-corrected chi connectivity index (χ1v) is 13.6. The summed E-state index contributed by atoms with van der Waals surface area (Å²) in [6.45, 7) is 0.638. The van der Waals surface area contributed by atoms with Crippen LogP contribution in [0.25, 0.3) is 5.82 Å². The number of fused-ring (bicyclic) bond motifs is 1. The molecule has 31 heavy (non-hydrogen) atoms. The van der Waals surface area contributed by atoms with Crippen LogP contribution in [0.2, 0.25) is 0 Å². The van der Waals surface area contributed by atoms with Crippen molar-refractivity contribution in [2.45, 2.75) is 13.1 Å². The predicted molar refractivity (Wildman–Crippen MR) is 132 cm³/mol. The molecule has 0 spiro atoms. The minimum Gasteiger partial charge on any atom is -0.507 e. The third-order valence-electron chi connectivity index (χ3n) is 4.46. The zero-order valence-corrected chi connectivity index (χ0v) is 20.6. The average Bonchev–Trinajstić information content (AvgIpc) is 3.12. The van der Waals surface area contributed by atoms with Crippen molar-refractivity contribution >= 4 is 56.2 Å². The summed E-state index contributed by atoms with van der Waals surface area (Å²) in [4.78, 5) is 0. The van der Waals surface area contributed by atoms with Crippen LogP contribution in [0.4, 0.5) is 0 Å². The smallest absolute Gasteiger partial charge is 0.274 e. The van der Waals surface area contributed by atoms with Gasteiger partial charge in [0.2, 0.25) is 0 Å². The summed E-state index contributed by atoms with van der Waals surface area (Å²) in [5.74, 6) is 1.06. The summed E-state index contributed by atoms with van der Waals surface area (Å²) in [6.07, 6.45) is 3.80. The average molecular weight is 616 g/mol. The number of halogens is 2. The van der Waals surface area contributed by atoms with E-state index in [9.17, 15) is 13.5 Å². The highest BCUT2D eigenvalue weighted by molar-refractivity contribution is 14.2. The van der Waals surface area contributed by atoms with Crippen LogP contribution >= 0.6 is 36.7 Å². The van der Waals surface area contributed by atoms with E-state index in [0.29, 0.717) is 6.54 Å². The number of nitrogens with one attached hydrogen (secondary N) is 2. The molecule has 4 rings (SSSR count). The van der Waals surface area contributed by atoms with Crippen LogP contribution in [0, 0.1) is 3.70 Å². The number of nitrogens with zero attached hydrogens (tertiary/aromatic N) is 2. The molecule has 1 aromatic heterocycles. The lowest BCUT2D eigenvalue weighted by molar-refractivity contribution is 0.474. The van der Waals surface area contributed by atoms with Gasteiger partial charge in [0, 0.05) is 22.2 Å². The Kier molecular flexibility index (Phi) is 6.57. The summed E-state index contributed by atoms with van der Waals surface area (Å²) in [5, 5.41) is 23.2. The number of nitrogens with two attached hydrogens (primary N) is 1. The fraction of sp³-hybridized carbons (Fsp3) is 0.100. The van der Waals surface area contributed by atoms with Crippen LogP contribution in [-0.4, -0.2) is 26.8 Å². The molecule has 8 nitrogen and oxygen atoms in total. The van der Waals surface area contributed by atoms with Crippen molar-refractivity contribution < 1.29 is 13.5 Å². The third-order valence-corrected chi connectivity index (χ3v) is 9.35. The summed E-state index contributed by atoms with van der Waals surface area (Å²) in [5.41, 5.74) is 2.61. The van der Waals surface area contributed by atoms with Gasteiger partial charge in [-0.05, 0) is 39.2 Å². The Bertz CT molecular complexity index is 1300. The quantitative estimate of drug-likeness (QED) is 0.305. The molecule has 0 aliphatic carbocycles. The summed E-state index contributed by atoms with van der Waals surface area (Å²) >= 11 is 3.03. The fourth-order valence-electron chi connectivity index (χ4n) is 3.03. The monoisotopic (exact) mass is 615 g/mol. The minimum absolute atomic E-state index is 0.126. The molecule has 1 aliphatic heterocycles. The van der Waals surface area contributed by atoms with E-state index >= 15 is 0 Å². The third kappa shape index (κ3) is 5.41. The van der Waals surface area contributed by atoms with Crippen LogP contribution in [0.1, 0.15) is 16.7 Å². The van der Waals surface area contributed by atoms with Crippen LogP contribution < -0.4 is 15.2 Å². The summed E-state index contributed by atoms with van der Waals surface area (Å²) in [7, 11) is -3.74. The molecule has 0 atom stereocenters. The molecule has 162 valence electrons. The molecule has 1 aliphatic rings. The van der Waals surface area contributed by atoms with Gasteiger partial charge in [0.15, 0.2) is 0 Å². The Morgan fingerprint density at radius 1 is 1.13 bits per heavy atom. The summed E-state index contributed by atoms with van der Waals surface area (Å²) < 4.78 is 29.5. The van der Waals surface area contributed by atoms with E-state index in [1.807, 2.05) is 47.2 Å². The van der Waals surface area contributed by atoms with Gasteiger partial charge in [-0.2, -0.15) is 18.2 Å². The molecule has 0 saturated heterocycles. The maximum Gasteiger partial charge on any atom is 0.274 e. The van der Waals surface area contributed by atoms with Crippen molar-refractivity contribution in [3.05, 3.63) is 85.7 Å². The van der Waals surface area contributed by atoms with Gasteiger partial charge in [0.25, 0.3) is 10.2 Å². The van der Waals surface area contributed by atoms with Gasteiger partial charge < -0.3 is 10.4 Å². The number of allylic oxidation sites excluding steroid dienone is 1. The molecular weight excluding hydrogens is 597 g/mol. The Labute approximate surface area is 198 Å². The molecule has 3 aromatic rings. The molecule has 0 fully saturated rings. The second-order valence-electron chi connectivity index (χ2n) is 6.72. The van der Waals surface area contributed by atoms with E-state index < -0.39 is 30.9 Å². The highest BCUT2D eigenvalue weighted by atomic mass is 127. The number of phenolic OH excluding ortho intramolecular Hbond substituents is 1. The van der Waals surface area contributed by atoms with Crippen molar-refractivity contribution in [3.63, 3.8) is 0 Å². The Morgan fingerprint density at radius 2 is 1.87 bits per heavy atom. The van der Waals surface area contributed by atoms with Crippen molar-refractivity contribution in [1.82, 2.24) is 19.8 Å². The number of rotatable bonds is 7. The first-order chi connectivity index (χ1) is 14.8. The second-order valence-corrected chi connectivity index (χ2v) is 11.7. The van der Waals surface area contributed by atoms with Gasteiger partial charge in [-0.1, -0.05) is 63.2 Å². The number of para-hydroxylation sites is 1. The van der Waals surface area contributed by atoms with Gasteiger partial charge in [-0.3, -0.25) is 0 Å². The van der Waals surface area contributed by atoms with E-state index in [1.54, 1.807) is 18.3 Å². The maximum absolute atomic E-state index is 11.1. The SMILES string of the molecule is NS(=O)(=O)NCc1cccc(CNC2=CC(c3ccccc3O)=Ic3c(Br)cnn32)c1. The molecule has 2 aromatic carbocycles. The van der Waals surface area contributed by atoms with Gasteiger partial charge in [0.1, 0.15) is 15.3 Å². The zero-order chi connectivity index (χ0) is 22.0. The number of hydrogen-bond donors (Lipinski definition) is 4. The van der Waals surface area contributed by atoms with Crippen molar-refractivity contribution in [1.29, 1.82) is 0 Å². The predicted octanol–water partition coefficient (Wildman–Crippen LogP) is 2.61. The van der Waals surface area contributed by atoms with Gasteiger partial charge >= 0.3 is 0 Å². The highest BCUT2D eigenvalue weighted by Crippen LogP contribution is 2.33. The Balaban J connectivity index is 1.58. The minimum atomic E-state index is -3.74. The molecular formula is C20H19BrIN5O3S. The van der Waals surface area contributed by atoms with Crippen LogP contribution in [0.3, 0.4) is 0 Å². The normalized spacial score (nSPS) is 13.6. The van der Waals surface area contributed by atoms with Crippen LogP contribution in [0.5, 0.6) is 5.75 Å². The molecule has 2 heterocycles. The Morgan fingerprint density at radius 3 is 2.61 bits per heavy atom. The molecule has 0 bridgehead atoms. The summed E-state index contributed by atoms with van der Waals surface area (Å²) in [6, 6.07) is 14.9. The molecule has 0 saturated carbocycles. The van der Waals surface area contributed by atoms with Crippen molar-refractivity contribution in [3.8, 4) is 5.75 Å². The van der Waals surface area contributed by atoms with Crippen LogP contribution in [-0.2, 0) is 23.3 Å². The van der Waals surface area contributed by atoms with E-state index in [1.165, 1.54) is 0 Å². The molecule has 0 amide bonds.